The van der Waals surface area contributed by atoms with Gasteiger partial charge < -0.3 is 24.6 Å². The third kappa shape index (κ3) is 18.2. The van der Waals surface area contributed by atoms with Crippen LogP contribution in [0.3, 0.4) is 0 Å². The predicted molar refractivity (Wildman–Crippen MR) is 237 cm³/mol. The third-order valence-electron chi connectivity index (χ3n) is 11.2. The number of ether oxygens (including phenoxy) is 2. The molecule has 0 heterocycles. The molecule has 0 aliphatic carbocycles. The molecule has 0 aromatic heterocycles. The maximum absolute atomic E-state index is 12.8. The Balaban J connectivity index is 1.09. The third-order valence-corrected chi connectivity index (χ3v) is 12.2. The van der Waals surface area contributed by atoms with E-state index in [0.717, 1.165) is 64.2 Å². The van der Waals surface area contributed by atoms with Gasteiger partial charge in [-0.15, -0.1) is 0 Å². The maximum atomic E-state index is 12.8. The molecular weight excluding hydrogens is 767 g/mol. The zero-order chi connectivity index (χ0) is 42.1. The minimum atomic E-state index is -4.64. The maximum Gasteiger partial charge on any atom is 0.472 e. The molecule has 0 saturated heterocycles. The molecular formula is C48H71O10P. The Labute approximate surface area is 352 Å². The molecule has 0 spiro atoms. The van der Waals surface area contributed by atoms with E-state index in [1.165, 1.54) is 95.7 Å². The van der Waals surface area contributed by atoms with E-state index < -0.39 is 51.8 Å². The standard InChI is InChI=1S/C48H71O10P/c1-2-3-4-5-6-7-8-9-10-11-14-17-20-26-45(51)55-36-43(37-57-59(53,54)56-35-42(50)34-49)58-46(52)27-21-18-15-12-13-16-19-23-38-28-29-41-31-30-39-24-22-25-40-32-33-44(38)48(41)47(39)40/h22,24-25,28-33,42-43,49-50H,2-21,23,26-27,34-37H2,1H3,(H,53,54)/t42-,43+/m0/s1. The average Bonchev–Trinajstić information content (AvgIpc) is 3.24. The van der Waals surface area contributed by atoms with Gasteiger partial charge in [-0.2, -0.15) is 0 Å². The van der Waals surface area contributed by atoms with E-state index >= 15 is 0 Å². The van der Waals surface area contributed by atoms with Crippen LogP contribution in [0.1, 0.15) is 154 Å². The molecule has 0 radical (unpaired) electrons. The van der Waals surface area contributed by atoms with Gasteiger partial charge >= 0.3 is 19.8 Å². The molecule has 4 aromatic carbocycles. The lowest BCUT2D eigenvalue weighted by atomic mass is 9.90. The van der Waals surface area contributed by atoms with Gasteiger partial charge in [0.2, 0.25) is 0 Å². The summed E-state index contributed by atoms with van der Waals surface area (Å²) in [5.41, 5.74) is 1.40. The quantitative estimate of drug-likeness (QED) is 0.0180. The van der Waals surface area contributed by atoms with Gasteiger partial charge in [0.05, 0.1) is 19.8 Å². The second-order valence-electron chi connectivity index (χ2n) is 16.2. The van der Waals surface area contributed by atoms with Crippen LogP contribution in [-0.2, 0) is 39.1 Å². The molecule has 328 valence electrons. The van der Waals surface area contributed by atoms with Crippen molar-refractivity contribution in [2.24, 2.45) is 0 Å². The highest BCUT2D eigenvalue weighted by Gasteiger charge is 2.27. The van der Waals surface area contributed by atoms with Crippen molar-refractivity contribution < 1.29 is 47.8 Å². The number of carbonyl (C=O) groups excluding carboxylic acids is 2. The monoisotopic (exact) mass is 838 g/mol. The van der Waals surface area contributed by atoms with Crippen molar-refractivity contribution in [1.29, 1.82) is 0 Å². The molecule has 0 saturated carbocycles. The number of benzene rings is 4. The average molecular weight is 839 g/mol. The highest BCUT2D eigenvalue weighted by Crippen LogP contribution is 2.43. The molecule has 11 heteroatoms. The summed E-state index contributed by atoms with van der Waals surface area (Å²) in [4.78, 5) is 35.3. The lowest BCUT2D eigenvalue weighted by Gasteiger charge is -2.20. The van der Waals surface area contributed by atoms with Crippen LogP contribution < -0.4 is 0 Å². The molecule has 4 rings (SSSR count). The van der Waals surface area contributed by atoms with Gasteiger partial charge in [-0.25, -0.2) is 4.57 Å². The van der Waals surface area contributed by atoms with Crippen molar-refractivity contribution in [3.05, 3.63) is 60.2 Å². The lowest BCUT2D eigenvalue weighted by molar-refractivity contribution is -0.161. The van der Waals surface area contributed by atoms with Crippen molar-refractivity contribution in [1.82, 2.24) is 0 Å². The summed E-state index contributed by atoms with van der Waals surface area (Å²) in [5.74, 6) is -0.941. The van der Waals surface area contributed by atoms with Gasteiger partial charge in [-0.1, -0.05) is 171 Å². The number of aliphatic hydroxyl groups excluding tert-OH is 2. The van der Waals surface area contributed by atoms with Crippen LogP contribution in [0, 0.1) is 0 Å². The van der Waals surface area contributed by atoms with Gasteiger partial charge in [-0.05, 0) is 63.6 Å². The van der Waals surface area contributed by atoms with E-state index in [0.29, 0.717) is 12.8 Å². The number of hydrogen-bond acceptors (Lipinski definition) is 9. The summed E-state index contributed by atoms with van der Waals surface area (Å²) >= 11 is 0. The second kappa shape index (κ2) is 27.7. The fraction of sp³-hybridized carbons (Fsp3) is 0.625. The first kappa shape index (κ1) is 48.6. The fourth-order valence-corrected chi connectivity index (χ4v) is 8.63. The second-order valence-corrected chi connectivity index (χ2v) is 17.7. The van der Waals surface area contributed by atoms with Gasteiger partial charge in [-0.3, -0.25) is 18.6 Å². The van der Waals surface area contributed by atoms with E-state index in [-0.39, 0.29) is 19.4 Å². The number of unbranched alkanes of at least 4 members (excludes halogenated alkanes) is 18. The number of esters is 2. The summed E-state index contributed by atoms with van der Waals surface area (Å²) in [6, 6.07) is 20.0. The normalized spacial score (nSPS) is 13.9. The first-order valence-electron chi connectivity index (χ1n) is 22.6. The highest BCUT2D eigenvalue weighted by atomic mass is 31.2. The minimum Gasteiger partial charge on any atom is -0.462 e. The number of aliphatic hydroxyl groups is 2. The zero-order valence-electron chi connectivity index (χ0n) is 35.6. The molecule has 0 aliphatic rings. The minimum absolute atomic E-state index is 0.161. The summed E-state index contributed by atoms with van der Waals surface area (Å²) in [6.45, 7) is 0.0962. The Bertz CT molecular complexity index is 1810. The Morgan fingerprint density at radius 1 is 0.593 bits per heavy atom. The van der Waals surface area contributed by atoms with Crippen molar-refractivity contribution in [3.8, 4) is 0 Å². The Morgan fingerprint density at radius 3 is 1.68 bits per heavy atom. The smallest absolute Gasteiger partial charge is 0.462 e. The summed E-state index contributed by atoms with van der Waals surface area (Å²) in [5, 5.41) is 26.3. The SMILES string of the molecule is CCCCCCCCCCCCCCCC(=O)OC[C@H](COP(=O)(O)OC[C@@H](O)CO)OC(=O)CCCCCCCCCc1ccc2ccc3cccc4ccc1c2c34. The van der Waals surface area contributed by atoms with E-state index in [2.05, 4.69) is 61.5 Å². The number of carbonyl (C=O) groups is 2. The summed E-state index contributed by atoms with van der Waals surface area (Å²) in [7, 11) is -4.64. The van der Waals surface area contributed by atoms with Crippen LogP contribution in [0.2, 0.25) is 0 Å². The molecule has 1 unspecified atom stereocenters. The van der Waals surface area contributed by atoms with Crippen molar-refractivity contribution in [2.75, 3.05) is 26.4 Å². The van der Waals surface area contributed by atoms with Crippen LogP contribution in [0.4, 0.5) is 0 Å². The predicted octanol–water partition coefficient (Wildman–Crippen LogP) is 11.7. The molecule has 10 nitrogen and oxygen atoms in total. The number of rotatable bonds is 34. The van der Waals surface area contributed by atoms with Crippen LogP contribution in [-0.4, -0.2) is 65.7 Å². The first-order chi connectivity index (χ1) is 28.7. The largest absolute Gasteiger partial charge is 0.472 e. The molecule has 0 fully saturated rings. The van der Waals surface area contributed by atoms with Gasteiger partial charge in [0.25, 0.3) is 0 Å². The van der Waals surface area contributed by atoms with E-state index in [9.17, 15) is 24.2 Å². The number of aryl methyl sites for hydroxylation is 1. The Kier molecular flexibility index (Phi) is 22.8. The fourth-order valence-electron chi connectivity index (χ4n) is 7.84. The molecule has 59 heavy (non-hydrogen) atoms. The van der Waals surface area contributed by atoms with Crippen LogP contribution >= 0.6 is 7.82 Å². The molecule has 0 aliphatic heterocycles. The van der Waals surface area contributed by atoms with Crippen molar-refractivity contribution in [3.63, 3.8) is 0 Å². The lowest BCUT2D eigenvalue weighted by Crippen LogP contribution is -2.29. The summed E-state index contributed by atoms with van der Waals surface area (Å²) < 4.78 is 32.9. The van der Waals surface area contributed by atoms with E-state index in [1.807, 2.05) is 0 Å². The van der Waals surface area contributed by atoms with Crippen LogP contribution in [0.15, 0.2) is 54.6 Å². The van der Waals surface area contributed by atoms with Crippen molar-refractivity contribution in [2.45, 2.75) is 167 Å². The zero-order valence-corrected chi connectivity index (χ0v) is 36.5. The van der Waals surface area contributed by atoms with Crippen LogP contribution in [0.5, 0.6) is 0 Å². The Hall–Kier alpha value is -3.11. The topological polar surface area (TPSA) is 149 Å². The van der Waals surface area contributed by atoms with Crippen molar-refractivity contribution >= 4 is 52.1 Å². The highest BCUT2D eigenvalue weighted by molar-refractivity contribution is 7.47. The number of hydrogen-bond donors (Lipinski definition) is 3. The van der Waals surface area contributed by atoms with Crippen LogP contribution in [0.25, 0.3) is 32.3 Å². The molecule has 0 bridgehead atoms. The molecule has 3 atom stereocenters. The summed E-state index contributed by atoms with van der Waals surface area (Å²) in [6.07, 6.45) is 21.5. The molecule has 0 amide bonds. The first-order valence-corrected chi connectivity index (χ1v) is 24.1. The molecule has 4 aromatic rings. The van der Waals surface area contributed by atoms with Gasteiger partial charge in [0, 0.05) is 12.8 Å². The van der Waals surface area contributed by atoms with E-state index in [1.54, 1.807) is 0 Å². The van der Waals surface area contributed by atoms with Gasteiger partial charge in [0.15, 0.2) is 6.10 Å². The van der Waals surface area contributed by atoms with E-state index in [4.69, 9.17) is 23.6 Å². The molecule has 3 N–H and O–H groups in total. The Morgan fingerprint density at radius 2 is 1.08 bits per heavy atom. The number of phosphoric ester groups is 1. The van der Waals surface area contributed by atoms with Gasteiger partial charge in [0.1, 0.15) is 12.7 Å². The number of phosphoric acid groups is 1.